The van der Waals surface area contributed by atoms with E-state index in [1.54, 1.807) is 0 Å². The monoisotopic (exact) mass is 252 g/mol. The van der Waals surface area contributed by atoms with Gasteiger partial charge in [-0.2, -0.15) is 13.2 Å². The van der Waals surface area contributed by atoms with E-state index >= 15 is 0 Å². The van der Waals surface area contributed by atoms with Crippen LogP contribution in [-0.2, 0) is 4.79 Å². The summed E-state index contributed by atoms with van der Waals surface area (Å²) < 4.78 is 37.2. The molecule has 16 heavy (non-hydrogen) atoms. The maximum atomic E-state index is 12.4. The van der Waals surface area contributed by atoms with Crippen LogP contribution in [0.2, 0.25) is 0 Å². The third kappa shape index (κ3) is 4.84. The second-order valence-corrected chi connectivity index (χ2v) is 3.10. The predicted octanol–water partition coefficient (Wildman–Crippen LogP) is 3.42. The first kappa shape index (κ1) is 14.5. The molecule has 0 heterocycles. The zero-order chi connectivity index (χ0) is 12.9. The molecule has 0 aromatic carbocycles. The molecule has 0 unspecified atom stereocenters. The third-order valence-electron chi connectivity index (χ3n) is 1.42. The first-order valence-electron chi connectivity index (χ1n) is 3.89. The fourth-order valence-corrected chi connectivity index (χ4v) is 0.780. The molecule has 0 aliphatic heterocycles. The maximum absolute atomic E-state index is 12.4. The van der Waals surface area contributed by atoms with Crippen LogP contribution in [0.15, 0.2) is 47.6 Å². The molecule has 0 rings (SSSR count). The predicted molar refractivity (Wildman–Crippen MR) is 55.0 cm³/mol. The second-order valence-electron chi connectivity index (χ2n) is 2.66. The van der Waals surface area contributed by atoms with Gasteiger partial charge in [0.15, 0.2) is 0 Å². The Hall–Kier alpha value is -1.49. The van der Waals surface area contributed by atoms with E-state index in [-0.39, 0.29) is 5.03 Å². The van der Waals surface area contributed by atoms with Crippen molar-refractivity contribution in [2.24, 2.45) is 0 Å². The summed E-state index contributed by atoms with van der Waals surface area (Å²) in [7, 11) is 0. The fraction of sp³-hybridized carbons (Fsp3) is 0.100. The SMILES string of the molecule is C=C/C(Cl)=C\C(=C/C(=C)C(=O)O)C(F)(F)F. The molecule has 0 aliphatic carbocycles. The van der Waals surface area contributed by atoms with Gasteiger partial charge in [0.25, 0.3) is 0 Å². The first-order chi connectivity index (χ1) is 7.18. The molecule has 0 aliphatic rings. The summed E-state index contributed by atoms with van der Waals surface area (Å²) >= 11 is 5.35. The van der Waals surface area contributed by atoms with E-state index < -0.39 is 23.3 Å². The third-order valence-corrected chi connectivity index (χ3v) is 1.68. The summed E-state index contributed by atoms with van der Waals surface area (Å²) in [5.74, 6) is -1.54. The van der Waals surface area contributed by atoms with E-state index in [0.29, 0.717) is 12.2 Å². The Morgan fingerprint density at radius 3 is 2.12 bits per heavy atom. The molecule has 0 fully saturated rings. The van der Waals surface area contributed by atoms with E-state index in [9.17, 15) is 18.0 Å². The van der Waals surface area contributed by atoms with Gasteiger partial charge in [-0.15, -0.1) is 0 Å². The minimum atomic E-state index is -4.71. The molecule has 0 amide bonds. The van der Waals surface area contributed by atoms with Crippen LogP contribution in [0.1, 0.15) is 0 Å². The second kappa shape index (κ2) is 5.55. The smallest absolute Gasteiger partial charge is 0.416 e. The van der Waals surface area contributed by atoms with Crippen LogP contribution < -0.4 is 0 Å². The Bertz CT molecular complexity index is 378. The molecule has 0 spiro atoms. The number of allylic oxidation sites excluding steroid dienone is 4. The normalized spacial score (nSPS) is 13.5. The van der Waals surface area contributed by atoms with Crippen molar-refractivity contribution < 1.29 is 23.1 Å². The Morgan fingerprint density at radius 2 is 1.81 bits per heavy atom. The van der Waals surface area contributed by atoms with Gasteiger partial charge in [0, 0.05) is 5.03 Å². The molecule has 0 aromatic heterocycles. The number of carboxylic acids is 1. The highest BCUT2D eigenvalue weighted by atomic mass is 35.5. The summed E-state index contributed by atoms with van der Waals surface area (Å²) in [5.41, 5.74) is -1.89. The van der Waals surface area contributed by atoms with E-state index in [1.807, 2.05) is 0 Å². The molecular weight excluding hydrogens is 245 g/mol. The molecule has 0 radical (unpaired) electrons. The number of aliphatic carboxylic acids is 1. The van der Waals surface area contributed by atoms with Crippen LogP contribution in [-0.4, -0.2) is 17.3 Å². The van der Waals surface area contributed by atoms with E-state index in [4.69, 9.17) is 16.7 Å². The quantitative estimate of drug-likeness (QED) is 0.615. The molecule has 88 valence electrons. The average Bonchev–Trinajstić information content (AvgIpc) is 2.14. The minimum Gasteiger partial charge on any atom is -0.478 e. The topological polar surface area (TPSA) is 37.3 Å². The fourth-order valence-electron chi connectivity index (χ4n) is 0.662. The molecule has 0 aromatic rings. The molecule has 6 heteroatoms. The van der Waals surface area contributed by atoms with Crippen LogP contribution in [0.5, 0.6) is 0 Å². The molecule has 0 atom stereocenters. The van der Waals surface area contributed by atoms with Crippen LogP contribution >= 0.6 is 11.6 Å². The molecule has 0 saturated heterocycles. The van der Waals surface area contributed by atoms with Crippen molar-refractivity contribution in [1.82, 2.24) is 0 Å². The van der Waals surface area contributed by atoms with Gasteiger partial charge in [-0.3, -0.25) is 0 Å². The van der Waals surface area contributed by atoms with Crippen LogP contribution in [0, 0.1) is 0 Å². The summed E-state index contributed by atoms with van der Waals surface area (Å²) in [4.78, 5) is 10.3. The van der Waals surface area contributed by atoms with Gasteiger partial charge in [0.05, 0.1) is 11.1 Å². The molecule has 0 saturated carbocycles. The Kier molecular flexibility index (Phi) is 5.04. The van der Waals surface area contributed by atoms with Crippen LogP contribution in [0.4, 0.5) is 13.2 Å². The number of alkyl halides is 3. The molecule has 1 N–H and O–H groups in total. The number of hydrogen-bond acceptors (Lipinski definition) is 1. The van der Waals surface area contributed by atoms with Crippen molar-refractivity contribution in [3.05, 3.63) is 47.6 Å². The number of carboxylic acid groups (broad SMARTS) is 1. The molecule has 2 nitrogen and oxygen atoms in total. The lowest BCUT2D eigenvalue weighted by atomic mass is 10.1. The van der Waals surface area contributed by atoms with Crippen LogP contribution in [0.3, 0.4) is 0 Å². The highest BCUT2D eigenvalue weighted by Crippen LogP contribution is 2.29. The lowest BCUT2D eigenvalue weighted by Gasteiger charge is -2.07. The molecule has 0 bridgehead atoms. The van der Waals surface area contributed by atoms with E-state index in [2.05, 4.69) is 13.2 Å². The lowest BCUT2D eigenvalue weighted by Crippen LogP contribution is -2.11. The van der Waals surface area contributed by atoms with Gasteiger partial charge in [-0.1, -0.05) is 30.8 Å². The Labute approximate surface area is 95.0 Å². The average molecular weight is 253 g/mol. The van der Waals surface area contributed by atoms with E-state index in [0.717, 1.165) is 6.08 Å². The largest absolute Gasteiger partial charge is 0.478 e. The van der Waals surface area contributed by atoms with Crippen molar-refractivity contribution in [1.29, 1.82) is 0 Å². The molecular formula is C10H8ClF3O2. The van der Waals surface area contributed by atoms with Crippen molar-refractivity contribution in [3.8, 4) is 0 Å². The first-order valence-corrected chi connectivity index (χ1v) is 4.27. The summed E-state index contributed by atoms with van der Waals surface area (Å²) in [5, 5.41) is 8.15. The number of halogens is 4. The van der Waals surface area contributed by atoms with Crippen LogP contribution in [0.25, 0.3) is 0 Å². The lowest BCUT2D eigenvalue weighted by molar-refractivity contribution is -0.132. The van der Waals surface area contributed by atoms with Crippen molar-refractivity contribution in [2.45, 2.75) is 6.18 Å². The van der Waals surface area contributed by atoms with E-state index in [1.165, 1.54) is 0 Å². The summed E-state index contributed by atoms with van der Waals surface area (Å²) in [6.45, 7) is 6.14. The van der Waals surface area contributed by atoms with Crippen molar-refractivity contribution >= 4 is 17.6 Å². The van der Waals surface area contributed by atoms with Gasteiger partial charge in [0.2, 0.25) is 0 Å². The standard InChI is InChI=1S/C10H8ClF3O2/c1-3-8(11)5-7(10(12,13)14)4-6(2)9(15)16/h3-5H,1-2H2,(H,15,16)/b7-4+,8-5+. The van der Waals surface area contributed by atoms with Gasteiger partial charge >= 0.3 is 12.1 Å². The number of hydrogen-bond donors (Lipinski definition) is 1. The minimum absolute atomic E-state index is 0.248. The van der Waals surface area contributed by atoms with Crippen molar-refractivity contribution in [2.75, 3.05) is 0 Å². The Morgan fingerprint density at radius 1 is 1.31 bits per heavy atom. The van der Waals surface area contributed by atoms with Gasteiger partial charge < -0.3 is 5.11 Å². The summed E-state index contributed by atoms with van der Waals surface area (Å²) in [6, 6.07) is 0. The maximum Gasteiger partial charge on any atom is 0.416 e. The highest BCUT2D eigenvalue weighted by Gasteiger charge is 2.32. The summed E-state index contributed by atoms with van der Waals surface area (Å²) in [6.07, 6.45) is -2.73. The number of carbonyl (C=O) groups is 1. The zero-order valence-corrected chi connectivity index (χ0v) is 8.77. The van der Waals surface area contributed by atoms with Gasteiger partial charge in [-0.05, 0) is 12.2 Å². The zero-order valence-electron chi connectivity index (χ0n) is 8.01. The van der Waals surface area contributed by atoms with Crippen molar-refractivity contribution in [3.63, 3.8) is 0 Å². The number of rotatable bonds is 4. The van der Waals surface area contributed by atoms with Gasteiger partial charge in [0.1, 0.15) is 0 Å². The Balaban J connectivity index is 5.36. The highest BCUT2D eigenvalue weighted by molar-refractivity contribution is 6.31. The van der Waals surface area contributed by atoms with Gasteiger partial charge in [-0.25, -0.2) is 4.79 Å².